The molecule has 5 heteroatoms. The first-order valence-electron chi connectivity index (χ1n) is 6.41. The molecule has 3 N–H and O–H groups in total. The highest BCUT2D eigenvalue weighted by atomic mass is 32.1. The number of hydrogen-bond acceptors (Lipinski definition) is 4. The molecule has 0 spiro atoms. The molecule has 0 radical (unpaired) electrons. The van der Waals surface area contributed by atoms with Crippen molar-refractivity contribution in [2.45, 2.75) is 27.3 Å². The molecule has 0 saturated carbocycles. The Hall–Kier alpha value is -2.01. The molecule has 0 fully saturated rings. The number of hydrogen-bond donors (Lipinski definition) is 2. The Kier molecular flexibility index (Phi) is 4.29. The van der Waals surface area contributed by atoms with Crippen LogP contribution in [-0.4, -0.2) is 15.0 Å². The van der Waals surface area contributed by atoms with Gasteiger partial charge in [-0.05, 0) is 44.0 Å². The SMILES string of the molecule is Cc1ccc(CNc2nc(C)cc(C)c2C(N)=S)cn1. The number of nitrogens with two attached hydrogens (primary N) is 1. The summed E-state index contributed by atoms with van der Waals surface area (Å²) < 4.78 is 0. The summed E-state index contributed by atoms with van der Waals surface area (Å²) in [7, 11) is 0. The van der Waals surface area contributed by atoms with Crippen LogP contribution in [0, 0.1) is 20.8 Å². The summed E-state index contributed by atoms with van der Waals surface area (Å²) >= 11 is 5.11. The highest BCUT2D eigenvalue weighted by Gasteiger charge is 2.11. The average molecular weight is 286 g/mol. The van der Waals surface area contributed by atoms with Gasteiger partial charge in [-0.2, -0.15) is 0 Å². The Morgan fingerprint density at radius 2 is 2.00 bits per heavy atom. The van der Waals surface area contributed by atoms with E-state index < -0.39 is 0 Å². The van der Waals surface area contributed by atoms with Gasteiger partial charge in [-0.15, -0.1) is 0 Å². The van der Waals surface area contributed by atoms with E-state index in [1.807, 2.05) is 45.2 Å². The Balaban J connectivity index is 2.24. The smallest absolute Gasteiger partial charge is 0.137 e. The number of aromatic nitrogens is 2. The number of nitrogens with one attached hydrogen (secondary N) is 1. The zero-order chi connectivity index (χ0) is 14.7. The van der Waals surface area contributed by atoms with Gasteiger partial charge in [0.2, 0.25) is 0 Å². The topological polar surface area (TPSA) is 63.8 Å². The molecule has 0 aliphatic carbocycles. The van der Waals surface area contributed by atoms with Gasteiger partial charge in [-0.3, -0.25) is 4.98 Å². The van der Waals surface area contributed by atoms with Crippen LogP contribution in [0.25, 0.3) is 0 Å². The first kappa shape index (κ1) is 14.4. The molecule has 0 amide bonds. The molecule has 2 aromatic rings. The normalized spacial score (nSPS) is 10.3. The van der Waals surface area contributed by atoms with Crippen LogP contribution < -0.4 is 11.1 Å². The minimum Gasteiger partial charge on any atom is -0.389 e. The van der Waals surface area contributed by atoms with Crippen LogP contribution in [-0.2, 0) is 6.54 Å². The lowest BCUT2D eigenvalue weighted by atomic mass is 10.1. The molecule has 2 rings (SSSR count). The zero-order valence-corrected chi connectivity index (χ0v) is 12.7. The number of aryl methyl sites for hydroxylation is 3. The van der Waals surface area contributed by atoms with Gasteiger partial charge in [0.1, 0.15) is 10.8 Å². The molecule has 0 unspecified atom stereocenters. The number of pyridine rings is 2. The third-order valence-corrected chi connectivity index (χ3v) is 3.23. The molecule has 0 atom stereocenters. The van der Waals surface area contributed by atoms with Crippen molar-refractivity contribution in [3.05, 3.63) is 52.5 Å². The maximum absolute atomic E-state index is 5.79. The molecule has 2 heterocycles. The van der Waals surface area contributed by atoms with Crippen LogP contribution >= 0.6 is 12.2 Å². The number of thiocarbonyl (C=S) groups is 1. The molecule has 0 aliphatic rings. The second kappa shape index (κ2) is 5.96. The van der Waals surface area contributed by atoms with E-state index in [0.29, 0.717) is 11.5 Å². The first-order valence-corrected chi connectivity index (χ1v) is 6.81. The second-order valence-corrected chi connectivity index (χ2v) is 5.27. The molecular weight excluding hydrogens is 268 g/mol. The Morgan fingerprint density at radius 3 is 2.60 bits per heavy atom. The van der Waals surface area contributed by atoms with Gasteiger partial charge in [0.05, 0.1) is 5.56 Å². The van der Waals surface area contributed by atoms with E-state index in [-0.39, 0.29) is 0 Å². The largest absolute Gasteiger partial charge is 0.389 e. The lowest BCUT2D eigenvalue weighted by Crippen LogP contribution is -2.16. The van der Waals surface area contributed by atoms with E-state index in [1.165, 1.54) is 0 Å². The molecule has 2 aromatic heterocycles. The summed E-state index contributed by atoms with van der Waals surface area (Å²) in [6, 6.07) is 6.01. The fraction of sp³-hybridized carbons (Fsp3) is 0.267. The number of nitrogens with zero attached hydrogens (tertiary/aromatic N) is 2. The van der Waals surface area contributed by atoms with Gasteiger partial charge in [-0.25, -0.2) is 4.98 Å². The highest BCUT2D eigenvalue weighted by Crippen LogP contribution is 2.19. The third-order valence-electron chi connectivity index (χ3n) is 3.02. The molecule has 4 nitrogen and oxygen atoms in total. The van der Waals surface area contributed by atoms with E-state index in [1.54, 1.807) is 0 Å². The van der Waals surface area contributed by atoms with Crippen LogP contribution in [0.2, 0.25) is 0 Å². The summed E-state index contributed by atoms with van der Waals surface area (Å²) in [4.78, 5) is 9.12. The Morgan fingerprint density at radius 1 is 1.25 bits per heavy atom. The summed E-state index contributed by atoms with van der Waals surface area (Å²) in [5, 5.41) is 3.29. The monoisotopic (exact) mass is 286 g/mol. The Labute approximate surface area is 124 Å². The lowest BCUT2D eigenvalue weighted by molar-refractivity contribution is 1.05. The van der Waals surface area contributed by atoms with Crippen LogP contribution in [0.15, 0.2) is 24.4 Å². The van der Waals surface area contributed by atoms with Crippen LogP contribution in [0.3, 0.4) is 0 Å². The molecule has 20 heavy (non-hydrogen) atoms. The molecule has 0 saturated heterocycles. The van der Waals surface area contributed by atoms with Crippen molar-refractivity contribution >= 4 is 23.0 Å². The summed E-state index contributed by atoms with van der Waals surface area (Å²) in [5.74, 6) is 0.732. The summed E-state index contributed by atoms with van der Waals surface area (Å²) in [5.41, 5.74) is 10.7. The van der Waals surface area contributed by atoms with Gasteiger partial charge in [0.25, 0.3) is 0 Å². The van der Waals surface area contributed by atoms with Crippen molar-refractivity contribution in [2.75, 3.05) is 5.32 Å². The quantitative estimate of drug-likeness (QED) is 0.846. The van der Waals surface area contributed by atoms with Gasteiger partial charge in [0.15, 0.2) is 0 Å². The lowest BCUT2D eigenvalue weighted by Gasteiger charge is -2.13. The van der Waals surface area contributed by atoms with E-state index >= 15 is 0 Å². The van der Waals surface area contributed by atoms with Gasteiger partial charge >= 0.3 is 0 Å². The van der Waals surface area contributed by atoms with E-state index in [4.69, 9.17) is 18.0 Å². The minimum absolute atomic E-state index is 0.361. The van der Waals surface area contributed by atoms with E-state index in [9.17, 15) is 0 Å². The molecular formula is C15H18N4S. The molecule has 104 valence electrons. The molecule has 0 aromatic carbocycles. The maximum atomic E-state index is 5.79. The number of rotatable bonds is 4. The highest BCUT2D eigenvalue weighted by molar-refractivity contribution is 7.80. The summed E-state index contributed by atoms with van der Waals surface area (Å²) in [6.07, 6.45) is 1.85. The second-order valence-electron chi connectivity index (χ2n) is 4.83. The maximum Gasteiger partial charge on any atom is 0.137 e. The average Bonchev–Trinajstić information content (AvgIpc) is 2.36. The third kappa shape index (κ3) is 3.30. The molecule has 0 bridgehead atoms. The van der Waals surface area contributed by atoms with Crippen molar-refractivity contribution in [2.24, 2.45) is 5.73 Å². The van der Waals surface area contributed by atoms with Crippen molar-refractivity contribution in [1.29, 1.82) is 0 Å². The van der Waals surface area contributed by atoms with Crippen molar-refractivity contribution < 1.29 is 0 Å². The van der Waals surface area contributed by atoms with Crippen LogP contribution in [0.5, 0.6) is 0 Å². The van der Waals surface area contributed by atoms with Gasteiger partial charge in [0, 0.05) is 24.1 Å². The fourth-order valence-electron chi connectivity index (χ4n) is 2.06. The standard InChI is InChI=1S/C15H18N4S/c1-9-6-11(3)19-15(13(9)14(16)20)18-8-12-5-4-10(2)17-7-12/h4-7H,8H2,1-3H3,(H2,16,20)(H,18,19). The van der Waals surface area contributed by atoms with Gasteiger partial charge in [-0.1, -0.05) is 18.3 Å². The predicted octanol–water partition coefficient (Wildman–Crippen LogP) is 2.65. The molecule has 0 aliphatic heterocycles. The van der Waals surface area contributed by atoms with Crippen LogP contribution in [0.4, 0.5) is 5.82 Å². The Bertz CT molecular complexity index is 635. The van der Waals surface area contributed by atoms with Crippen molar-refractivity contribution in [3.8, 4) is 0 Å². The predicted molar refractivity (Wildman–Crippen MR) is 85.9 cm³/mol. The van der Waals surface area contributed by atoms with Crippen molar-refractivity contribution in [1.82, 2.24) is 9.97 Å². The first-order chi connectivity index (χ1) is 9.47. The number of anilines is 1. The van der Waals surface area contributed by atoms with E-state index in [2.05, 4.69) is 15.3 Å². The zero-order valence-electron chi connectivity index (χ0n) is 11.9. The fourth-order valence-corrected chi connectivity index (χ4v) is 2.32. The minimum atomic E-state index is 0.361. The van der Waals surface area contributed by atoms with Crippen molar-refractivity contribution in [3.63, 3.8) is 0 Å². The van der Waals surface area contributed by atoms with E-state index in [0.717, 1.165) is 33.9 Å². The summed E-state index contributed by atoms with van der Waals surface area (Å²) in [6.45, 7) is 6.54. The van der Waals surface area contributed by atoms with Gasteiger partial charge < -0.3 is 11.1 Å². The van der Waals surface area contributed by atoms with Crippen LogP contribution in [0.1, 0.15) is 28.1 Å².